The maximum atomic E-state index is 12.9. The molecule has 0 aliphatic carbocycles. The molecule has 2 aromatic heterocycles. The van der Waals surface area contributed by atoms with E-state index in [1.165, 1.54) is 5.69 Å². The van der Waals surface area contributed by atoms with Crippen molar-refractivity contribution in [1.29, 1.82) is 0 Å². The number of hydrogen-bond donors (Lipinski definition) is 0. The van der Waals surface area contributed by atoms with Gasteiger partial charge in [-0.25, -0.2) is 4.79 Å². The Hall–Kier alpha value is -3.54. The Kier molecular flexibility index (Phi) is 5.44. The van der Waals surface area contributed by atoms with Gasteiger partial charge in [0.25, 0.3) is 0 Å². The number of rotatable bonds is 4. The maximum absolute atomic E-state index is 12.9. The van der Waals surface area contributed by atoms with Crippen LogP contribution >= 0.6 is 0 Å². The Morgan fingerprint density at radius 1 is 0.939 bits per heavy atom. The Morgan fingerprint density at radius 3 is 2.39 bits per heavy atom. The molecule has 6 heteroatoms. The van der Waals surface area contributed by atoms with Gasteiger partial charge >= 0.3 is 5.63 Å². The SMILES string of the molecule is Cc1coc2c(C)c3oc(=O)c(CCC(=O)N4CCN(c5ccccc5)CC4)c(C)c3cc12. The second kappa shape index (κ2) is 8.43. The number of hydrogen-bond acceptors (Lipinski definition) is 5. The Labute approximate surface area is 192 Å². The molecule has 0 radical (unpaired) electrons. The fourth-order valence-electron chi connectivity index (χ4n) is 4.85. The smallest absolute Gasteiger partial charge is 0.339 e. The molecule has 1 saturated heterocycles. The van der Waals surface area contributed by atoms with Gasteiger partial charge in [0.2, 0.25) is 5.91 Å². The van der Waals surface area contributed by atoms with E-state index in [4.69, 9.17) is 8.83 Å². The lowest BCUT2D eigenvalue weighted by atomic mass is 9.98. The van der Waals surface area contributed by atoms with Gasteiger partial charge in [0.1, 0.15) is 11.2 Å². The number of nitrogens with zero attached hydrogens (tertiary/aromatic N) is 2. The highest BCUT2D eigenvalue weighted by atomic mass is 16.4. The molecule has 0 atom stereocenters. The number of fused-ring (bicyclic) bond motifs is 2. The highest BCUT2D eigenvalue weighted by molar-refractivity contribution is 5.99. The second-order valence-electron chi connectivity index (χ2n) is 8.87. The van der Waals surface area contributed by atoms with E-state index in [0.29, 0.717) is 37.1 Å². The second-order valence-corrected chi connectivity index (χ2v) is 8.87. The van der Waals surface area contributed by atoms with Crippen LogP contribution in [0.2, 0.25) is 0 Å². The van der Waals surface area contributed by atoms with Crippen molar-refractivity contribution in [3.8, 4) is 0 Å². The minimum absolute atomic E-state index is 0.0823. The Bertz CT molecular complexity index is 1390. The topological polar surface area (TPSA) is 66.9 Å². The molecule has 0 spiro atoms. The van der Waals surface area contributed by atoms with Crippen LogP contribution in [0.4, 0.5) is 5.69 Å². The summed E-state index contributed by atoms with van der Waals surface area (Å²) in [5, 5.41) is 1.93. The molecule has 0 saturated carbocycles. The molecule has 3 heterocycles. The van der Waals surface area contributed by atoms with Gasteiger partial charge in [0, 0.05) is 60.2 Å². The number of benzene rings is 2. The van der Waals surface area contributed by atoms with Crippen LogP contribution in [0.15, 0.2) is 56.3 Å². The van der Waals surface area contributed by atoms with Gasteiger partial charge in [-0.2, -0.15) is 0 Å². The average Bonchev–Trinajstić information content (AvgIpc) is 3.21. The molecule has 170 valence electrons. The van der Waals surface area contributed by atoms with E-state index in [1.54, 1.807) is 6.26 Å². The number of piperazine rings is 1. The third-order valence-corrected chi connectivity index (χ3v) is 6.88. The van der Waals surface area contributed by atoms with Crippen molar-refractivity contribution in [2.45, 2.75) is 33.6 Å². The molecule has 1 aliphatic heterocycles. The molecule has 33 heavy (non-hydrogen) atoms. The molecular weight excluding hydrogens is 416 g/mol. The standard InChI is InChI=1S/C27H28N2O4/c1-17-16-32-25-19(3)26-23(15-22(17)25)18(2)21(27(31)33-26)9-10-24(30)29-13-11-28(12-14-29)20-7-5-4-6-8-20/h4-8,15-16H,9-14H2,1-3H3. The van der Waals surface area contributed by atoms with E-state index in [2.05, 4.69) is 17.0 Å². The summed E-state index contributed by atoms with van der Waals surface area (Å²) in [7, 11) is 0. The van der Waals surface area contributed by atoms with E-state index in [-0.39, 0.29) is 11.5 Å². The molecule has 1 amide bonds. The van der Waals surface area contributed by atoms with Gasteiger partial charge in [-0.15, -0.1) is 0 Å². The van der Waals surface area contributed by atoms with Crippen LogP contribution in [-0.2, 0) is 11.2 Å². The number of para-hydroxylation sites is 1. The van der Waals surface area contributed by atoms with Crippen molar-refractivity contribution in [1.82, 2.24) is 4.90 Å². The van der Waals surface area contributed by atoms with Crippen LogP contribution in [0.3, 0.4) is 0 Å². The minimum atomic E-state index is -0.368. The first-order chi connectivity index (χ1) is 15.9. The number of amides is 1. The summed E-state index contributed by atoms with van der Waals surface area (Å²) in [6.07, 6.45) is 2.40. The molecule has 0 N–H and O–H groups in total. The maximum Gasteiger partial charge on any atom is 0.339 e. The third kappa shape index (κ3) is 3.80. The quantitative estimate of drug-likeness (QED) is 0.425. The van der Waals surface area contributed by atoms with Gasteiger partial charge in [0.05, 0.1) is 6.26 Å². The van der Waals surface area contributed by atoms with Crippen molar-refractivity contribution < 1.29 is 13.6 Å². The van der Waals surface area contributed by atoms with Crippen LogP contribution in [0.5, 0.6) is 0 Å². The van der Waals surface area contributed by atoms with Crippen molar-refractivity contribution in [3.63, 3.8) is 0 Å². The van der Waals surface area contributed by atoms with Crippen LogP contribution in [0.1, 0.15) is 28.7 Å². The normalized spacial score (nSPS) is 14.4. The third-order valence-electron chi connectivity index (χ3n) is 6.88. The zero-order chi connectivity index (χ0) is 23.1. The molecule has 1 fully saturated rings. The average molecular weight is 445 g/mol. The Morgan fingerprint density at radius 2 is 1.67 bits per heavy atom. The van der Waals surface area contributed by atoms with Crippen LogP contribution in [-0.4, -0.2) is 37.0 Å². The lowest BCUT2D eigenvalue weighted by molar-refractivity contribution is -0.131. The zero-order valence-corrected chi connectivity index (χ0v) is 19.3. The molecule has 0 bridgehead atoms. The lowest BCUT2D eigenvalue weighted by Gasteiger charge is -2.36. The summed E-state index contributed by atoms with van der Waals surface area (Å²) in [4.78, 5) is 29.9. The summed E-state index contributed by atoms with van der Waals surface area (Å²) in [5.74, 6) is 0.0823. The van der Waals surface area contributed by atoms with Crippen molar-refractivity contribution in [2.24, 2.45) is 0 Å². The minimum Gasteiger partial charge on any atom is -0.464 e. The predicted octanol–water partition coefficient (Wildman–Crippen LogP) is 4.75. The monoisotopic (exact) mass is 444 g/mol. The van der Waals surface area contributed by atoms with Crippen molar-refractivity contribution in [3.05, 3.63) is 75.3 Å². The summed E-state index contributed by atoms with van der Waals surface area (Å²) < 4.78 is 11.4. The first kappa shape index (κ1) is 21.3. The fraction of sp³-hybridized carbons (Fsp3) is 0.333. The summed E-state index contributed by atoms with van der Waals surface area (Å²) in [5.41, 5.74) is 5.47. The number of aryl methyl sites for hydroxylation is 3. The predicted molar refractivity (Wildman–Crippen MR) is 130 cm³/mol. The van der Waals surface area contributed by atoms with Crippen LogP contribution < -0.4 is 10.5 Å². The molecule has 5 rings (SSSR count). The van der Waals surface area contributed by atoms with Gasteiger partial charge in [-0.1, -0.05) is 18.2 Å². The lowest BCUT2D eigenvalue weighted by Crippen LogP contribution is -2.48. The summed E-state index contributed by atoms with van der Waals surface area (Å²) >= 11 is 0. The van der Waals surface area contributed by atoms with Crippen molar-refractivity contribution in [2.75, 3.05) is 31.1 Å². The van der Waals surface area contributed by atoms with Gasteiger partial charge < -0.3 is 18.6 Å². The largest absolute Gasteiger partial charge is 0.464 e. The van der Waals surface area contributed by atoms with E-state index >= 15 is 0 Å². The fourth-order valence-corrected chi connectivity index (χ4v) is 4.85. The van der Waals surface area contributed by atoms with E-state index in [1.807, 2.05) is 49.9 Å². The van der Waals surface area contributed by atoms with E-state index in [9.17, 15) is 9.59 Å². The summed E-state index contributed by atoms with van der Waals surface area (Å²) in [6, 6.07) is 12.3. The zero-order valence-electron chi connectivity index (χ0n) is 19.3. The van der Waals surface area contributed by atoms with E-state index in [0.717, 1.165) is 46.1 Å². The number of anilines is 1. The van der Waals surface area contributed by atoms with Crippen LogP contribution in [0, 0.1) is 20.8 Å². The van der Waals surface area contributed by atoms with Gasteiger partial charge in [-0.05, 0) is 56.5 Å². The van der Waals surface area contributed by atoms with Gasteiger partial charge in [-0.3, -0.25) is 4.79 Å². The van der Waals surface area contributed by atoms with Crippen molar-refractivity contribution >= 4 is 33.5 Å². The number of carbonyl (C=O) groups is 1. The molecule has 6 nitrogen and oxygen atoms in total. The van der Waals surface area contributed by atoms with Crippen LogP contribution in [0.25, 0.3) is 21.9 Å². The van der Waals surface area contributed by atoms with E-state index < -0.39 is 0 Å². The first-order valence-corrected chi connectivity index (χ1v) is 11.5. The van der Waals surface area contributed by atoms with Gasteiger partial charge in [0.15, 0.2) is 0 Å². The molecule has 1 aliphatic rings. The number of carbonyl (C=O) groups excluding carboxylic acids is 1. The summed E-state index contributed by atoms with van der Waals surface area (Å²) in [6.45, 7) is 8.86. The molecule has 4 aromatic rings. The first-order valence-electron chi connectivity index (χ1n) is 11.5. The molecular formula is C27H28N2O4. The molecule has 2 aromatic carbocycles. The molecule has 0 unspecified atom stereocenters. The Balaban J connectivity index is 1.32. The highest BCUT2D eigenvalue weighted by Gasteiger charge is 2.23. The highest BCUT2D eigenvalue weighted by Crippen LogP contribution is 2.32. The number of furan rings is 1.